The Kier molecular flexibility index (Phi) is 5.85. The van der Waals surface area contributed by atoms with E-state index in [0.29, 0.717) is 12.2 Å². The largest absolute Gasteiger partial charge is 0.244 e. The van der Waals surface area contributed by atoms with Crippen molar-refractivity contribution in [3.05, 3.63) is 66.9 Å². The van der Waals surface area contributed by atoms with E-state index in [9.17, 15) is 8.42 Å². The molecule has 1 N–H and O–H groups in total. The van der Waals surface area contributed by atoms with Gasteiger partial charge < -0.3 is 0 Å². The molecule has 0 aliphatic heterocycles. The van der Waals surface area contributed by atoms with Gasteiger partial charge in [-0.2, -0.15) is 5.10 Å². The van der Waals surface area contributed by atoms with Crippen LogP contribution in [0, 0.1) is 0 Å². The van der Waals surface area contributed by atoms with Gasteiger partial charge in [-0.1, -0.05) is 68.3 Å². The summed E-state index contributed by atoms with van der Waals surface area (Å²) in [4.78, 5) is 0.198. The van der Waals surface area contributed by atoms with E-state index in [-0.39, 0.29) is 4.90 Å². The van der Waals surface area contributed by atoms with Crippen LogP contribution in [0.4, 0.5) is 0 Å². The van der Waals surface area contributed by atoms with Crippen molar-refractivity contribution in [3.63, 3.8) is 0 Å². The summed E-state index contributed by atoms with van der Waals surface area (Å²) < 4.78 is 30.1. The molecule has 2 aromatic carbocycles. The predicted molar refractivity (Wildman–Crippen MR) is 104 cm³/mol. The van der Waals surface area contributed by atoms with Gasteiger partial charge in [-0.15, -0.1) is 0 Å². The highest BCUT2D eigenvalue weighted by atomic mass is 32.2. The number of unbranched alkanes of at least 4 members (excludes halogenated alkanes) is 2. The summed E-state index contributed by atoms with van der Waals surface area (Å²) in [5.41, 5.74) is 2.05. The maximum atomic E-state index is 12.9. The number of rotatable bonds is 8. The molecule has 0 atom stereocenters. The van der Waals surface area contributed by atoms with Crippen molar-refractivity contribution in [3.8, 4) is 16.9 Å². The van der Waals surface area contributed by atoms with Gasteiger partial charge in [0.2, 0.25) is 10.0 Å². The average Bonchev–Trinajstić information content (AvgIpc) is 3.13. The molecule has 26 heavy (non-hydrogen) atoms. The first kappa shape index (κ1) is 18.4. The molecule has 0 aliphatic carbocycles. The maximum absolute atomic E-state index is 12.9. The molecule has 0 unspecified atom stereocenters. The van der Waals surface area contributed by atoms with Gasteiger partial charge >= 0.3 is 0 Å². The summed E-state index contributed by atoms with van der Waals surface area (Å²) in [6, 6.07) is 18.9. The second kappa shape index (κ2) is 8.29. The molecule has 0 radical (unpaired) electrons. The molecule has 1 aromatic heterocycles. The van der Waals surface area contributed by atoms with Crippen molar-refractivity contribution in [2.75, 3.05) is 6.54 Å². The number of benzene rings is 2. The van der Waals surface area contributed by atoms with Crippen LogP contribution in [0.5, 0.6) is 0 Å². The number of nitrogens with one attached hydrogen (secondary N) is 1. The van der Waals surface area contributed by atoms with E-state index in [4.69, 9.17) is 0 Å². The molecule has 0 amide bonds. The van der Waals surface area contributed by atoms with Crippen LogP contribution in [0.25, 0.3) is 16.9 Å². The zero-order valence-electron chi connectivity index (χ0n) is 14.8. The average molecular weight is 369 g/mol. The molecule has 0 spiro atoms. The summed E-state index contributed by atoms with van der Waals surface area (Å²) in [7, 11) is -3.64. The lowest BCUT2D eigenvalue weighted by Crippen LogP contribution is -2.25. The van der Waals surface area contributed by atoms with E-state index in [0.717, 1.165) is 30.5 Å². The van der Waals surface area contributed by atoms with Gasteiger partial charge in [0.1, 0.15) is 10.6 Å². The third-order valence-electron chi connectivity index (χ3n) is 4.11. The molecule has 6 heteroatoms. The lowest BCUT2D eigenvalue weighted by molar-refractivity contribution is 0.576. The lowest BCUT2D eigenvalue weighted by Gasteiger charge is -2.06. The molecule has 0 bridgehead atoms. The van der Waals surface area contributed by atoms with Crippen LogP contribution in [0.3, 0.4) is 0 Å². The Balaban J connectivity index is 2.01. The van der Waals surface area contributed by atoms with E-state index >= 15 is 0 Å². The Bertz CT molecular complexity index is 936. The van der Waals surface area contributed by atoms with E-state index in [2.05, 4.69) is 16.7 Å². The monoisotopic (exact) mass is 369 g/mol. The first-order chi connectivity index (χ1) is 12.6. The van der Waals surface area contributed by atoms with Crippen molar-refractivity contribution in [1.29, 1.82) is 0 Å². The SMILES string of the molecule is CCCCCNS(=O)(=O)c1cn(-c2ccccc2)nc1-c1ccccc1. The standard InChI is InChI=1S/C20H23N3O2S/c1-2-3-10-15-21-26(24,25)19-16-23(18-13-8-5-9-14-18)22-20(19)17-11-6-4-7-12-17/h4-9,11-14,16,21H,2-3,10,15H2,1H3. The zero-order valence-corrected chi connectivity index (χ0v) is 15.6. The number of sulfonamides is 1. The number of hydrogen-bond donors (Lipinski definition) is 1. The first-order valence-electron chi connectivity index (χ1n) is 8.82. The molecule has 5 nitrogen and oxygen atoms in total. The Hall–Kier alpha value is -2.44. The molecular weight excluding hydrogens is 346 g/mol. The molecule has 3 rings (SSSR count). The minimum absolute atomic E-state index is 0.198. The van der Waals surface area contributed by atoms with Gasteiger partial charge in [0, 0.05) is 12.1 Å². The zero-order chi connectivity index (χ0) is 18.4. The Morgan fingerprint density at radius 2 is 1.62 bits per heavy atom. The van der Waals surface area contributed by atoms with Gasteiger partial charge in [-0.05, 0) is 18.6 Å². The van der Waals surface area contributed by atoms with Crippen molar-refractivity contribution in [2.45, 2.75) is 31.1 Å². The van der Waals surface area contributed by atoms with E-state index < -0.39 is 10.0 Å². The normalized spacial score (nSPS) is 11.6. The fourth-order valence-corrected chi connectivity index (χ4v) is 3.94. The summed E-state index contributed by atoms with van der Waals surface area (Å²) in [6.45, 7) is 2.52. The van der Waals surface area contributed by atoms with Crippen LogP contribution in [0.2, 0.25) is 0 Å². The van der Waals surface area contributed by atoms with E-state index in [1.54, 1.807) is 10.9 Å². The predicted octanol–water partition coefficient (Wildman–Crippen LogP) is 4.01. The summed E-state index contributed by atoms with van der Waals surface area (Å²) in [5.74, 6) is 0. The van der Waals surface area contributed by atoms with Crippen LogP contribution in [-0.4, -0.2) is 24.7 Å². The van der Waals surface area contributed by atoms with Gasteiger partial charge in [-0.3, -0.25) is 0 Å². The molecule has 3 aromatic rings. The van der Waals surface area contributed by atoms with Crippen molar-refractivity contribution in [2.24, 2.45) is 0 Å². The van der Waals surface area contributed by atoms with Crippen molar-refractivity contribution in [1.82, 2.24) is 14.5 Å². The molecule has 0 saturated heterocycles. The van der Waals surface area contributed by atoms with Crippen LogP contribution in [0.1, 0.15) is 26.2 Å². The molecule has 0 aliphatic rings. The number of para-hydroxylation sites is 1. The smallest absolute Gasteiger partial charge is 0.239 e. The third kappa shape index (κ3) is 4.20. The Morgan fingerprint density at radius 1 is 0.962 bits per heavy atom. The molecule has 0 fully saturated rings. The Morgan fingerprint density at radius 3 is 2.27 bits per heavy atom. The molecule has 136 valence electrons. The third-order valence-corrected chi connectivity index (χ3v) is 5.57. The highest BCUT2D eigenvalue weighted by Crippen LogP contribution is 2.27. The molecular formula is C20H23N3O2S. The highest BCUT2D eigenvalue weighted by molar-refractivity contribution is 7.89. The van der Waals surface area contributed by atoms with Gasteiger partial charge in [0.05, 0.1) is 11.9 Å². The van der Waals surface area contributed by atoms with Gasteiger partial charge in [0.15, 0.2) is 0 Å². The fraction of sp³-hybridized carbons (Fsp3) is 0.250. The summed E-state index contributed by atoms with van der Waals surface area (Å²) in [6.07, 6.45) is 4.45. The second-order valence-corrected chi connectivity index (χ2v) is 7.83. The number of nitrogens with zero attached hydrogens (tertiary/aromatic N) is 2. The number of aromatic nitrogens is 2. The molecule has 0 saturated carbocycles. The topological polar surface area (TPSA) is 64.0 Å². The first-order valence-corrected chi connectivity index (χ1v) is 10.3. The lowest BCUT2D eigenvalue weighted by atomic mass is 10.2. The minimum atomic E-state index is -3.64. The van der Waals surface area contributed by atoms with Gasteiger partial charge in [-0.25, -0.2) is 17.8 Å². The van der Waals surface area contributed by atoms with Crippen LogP contribution >= 0.6 is 0 Å². The van der Waals surface area contributed by atoms with Crippen molar-refractivity contribution < 1.29 is 8.42 Å². The van der Waals surface area contributed by atoms with E-state index in [1.807, 2.05) is 60.7 Å². The van der Waals surface area contributed by atoms with Crippen LogP contribution < -0.4 is 4.72 Å². The highest BCUT2D eigenvalue weighted by Gasteiger charge is 2.23. The molecule has 1 heterocycles. The summed E-state index contributed by atoms with van der Waals surface area (Å²) in [5, 5.41) is 4.56. The second-order valence-electron chi connectivity index (χ2n) is 6.09. The number of hydrogen-bond acceptors (Lipinski definition) is 3. The van der Waals surface area contributed by atoms with Gasteiger partial charge in [0.25, 0.3) is 0 Å². The maximum Gasteiger partial charge on any atom is 0.244 e. The van der Waals surface area contributed by atoms with E-state index in [1.165, 1.54) is 0 Å². The fourth-order valence-electron chi connectivity index (χ4n) is 2.72. The quantitative estimate of drug-likeness (QED) is 0.610. The van der Waals surface area contributed by atoms with Crippen molar-refractivity contribution >= 4 is 10.0 Å². The summed E-state index contributed by atoms with van der Waals surface area (Å²) >= 11 is 0. The van der Waals surface area contributed by atoms with Crippen LogP contribution in [-0.2, 0) is 10.0 Å². The van der Waals surface area contributed by atoms with Crippen LogP contribution in [0.15, 0.2) is 71.8 Å². The Labute approximate surface area is 154 Å². The minimum Gasteiger partial charge on any atom is -0.239 e.